The monoisotopic (exact) mass is 219 g/mol. The lowest BCUT2D eigenvalue weighted by Gasteiger charge is -2.09. The van der Waals surface area contributed by atoms with Crippen LogP contribution in [0.3, 0.4) is 0 Å². The Morgan fingerprint density at radius 2 is 2.25 bits per heavy atom. The van der Waals surface area contributed by atoms with Gasteiger partial charge in [-0.05, 0) is 37.0 Å². The van der Waals surface area contributed by atoms with Crippen LogP contribution in [0, 0.1) is 0 Å². The fourth-order valence-electron chi connectivity index (χ4n) is 1.60. The first-order valence-electron chi connectivity index (χ1n) is 5.72. The molecule has 1 aromatic carbocycles. The highest BCUT2D eigenvalue weighted by Crippen LogP contribution is 2.33. The van der Waals surface area contributed by atoms with Crippen molar-refractivity contribution in [3.05, 3.63) is 35.4 Å². The van der Waals surface area contributed by atoms with Crippen molar-refractivity contribution in [3.63, 3.8) is 0 Å². The molecule has 2 N–H and O–H groups in total. The molecule has 0 heterocycles. The number of amides is 1. The predicted molar refractivity (Wildman–Crippen MR) is 62.3 cm³/mol. The minimum Gasteiger partial charge on any atom is -0.388 e. The summed E-state index contributed by atoms with van der Waals surface area (Å²) in [6.07, 6.45) is 2.51. The molecule has 2 rings (SSSR count). The molecule has 0 saturated heterocycles. The first-order valence-corrected chi connectivity index (χ1v) is 5.72. The third kappa shape index (κ3) is 2.61. The molecule has 0 unspecified atom stereocenters. The molecule has 1 aromatic rings. The first kappa shape index (κ1) is 11.1. The van der Waals surface area contributed by atoms with Crippen molar-refractivity contribution in [1.82, 2.24) is 5.32 Å². The lowest BCUT2D eigenvalue weighted by molar-refractivity contribution is 0.0896. The van der Waals surface area contributed by atoms with Gasteiger partial charge in [-0.1, -0.05) is 19.1 Å². The molecule has 0 aromatic heterocycles. The van der Waals surface area contributed by atoms with Gasteiger partial charge in [0.2, 0.25) is 0 Å². The van der Waals surface area contributed by atoms with Gasteiger partial charge in [-0.2, -0.15) is 0 Å². The topological polar surface area (TPSA) is 49.3 Å². The molecule has 1 aliphatic rings. The Balaban J connectivity index is 1.97. The van der Waals surface area contributed by atoms with Gasteiger partial charge in [0.05, 0.1) is 5.60 Å². The molecule has 3 nitrogen and oxygen atoms in total. The van der Waals surface area contributed by atoms with Crippen LogP contribution in [0.1, 0.15) is 35.7 Å². The molecule has 0 atom stereocenters. The lowest BCUT2D eigenvalue weighted by atomic mass is 10.1. The van der Waals surface area contributed by atoms with Gasteiger partial charge >= 0.3 is 0 Å². The first-order chi connectivity index (χ1) is 7.63. The van der Waals surface area contributed by atoms with Crippen molar-refractivity contribution < 1.29 is 9.90 Å². The summed E-state index contributed by atoms with van der Waals surface area (Å²) in [6, 6.07) is 7.59. The van der Waals surface area contributed by atoms with Crippen LogP contribution >= 0.6 is 0 Å². The highest BCUT2D eigenvalue weighted by Gasteiger charge is 2.40. The molecule has 1 amide bonds. The summed E-state index contributed by atoms with van der Waals surface area (Å²) in [5.74, 6) is -0.101. The molecule has 3 heteroatoms. The Bertz CT molecular complexity index is 397. The van der Waals surface area contributed by atoms with Crippen molar-refractivity contribution in [2.75, 3.05) is 6.54 Å². The van der Waals surface area contributed by atoms with E-state index in [-0.39, 0.29) is 5.91 Å². The van der Waals surface area contributed by atoms with Crippen LogP contribution in [0.5, 0.6) is 0 Å². The van der Waals surface area contributed by atoms with Crippen molar-refractivity contribution >= 4 is 5.91 Å². The third-order valence-electron chi connectivity index (χ3n) is 3.00. The van der Waals surface area contributed by atoms with Crippen molar-refractivity contribution in [2.45, 2.75) is 31.8 Å². The Kier molecular flexibility index (Phi) is 2.97. The second-order valence-corrected chi connectivity index (χ2v) is 4.46. The summed E-state index contributed by atoms with van der Waals surface area (Å²) in [7, 11) is 0. The van der Waals surface area contributed by atoms with E-state index in [0.717, 1.165) is 24.8 Å². The smallest absolute Gasteiger partial charge is 0.251 e. The van der Waals surface area contributed by atoms with E-state index in [1.807, 2.05) is 18.2 Å². The van der Waals surface area contributed by atoms with Crippen LogP contribution in [0.15, 0.2) is 24.3 Å². The molecule has 1 fully saturated rings. The maximum Gasteiger partial charge on any atom is 0.251 e. The zero-order valence-electron chi connectivity index (χ0n) is 9.49. The maximum atomic E-state index is 11.8. The molecule has 16 heavy (non-hydrogen) atoms. The van der Waals surface area contributed by atoms with E-state index >= 15 is 0 Å². The van der Waals surface area contributed by atoms with Crippen molar-refractivity contribution in [3.8, 4) is 0 Å². The molecular weight excluding hydrogens is 202 g/mol. The quantitative estimate of drug-likeness (QED) is 0.806. The van der Waals surface area contributed by atoms with Crippen LogP contribution in [-0.4, -0.2) is 23.2 Å². The Morgan fingerprint density at radius 3 is 2.88 bits per heavy atom. The highest BCUT2D eigenvalue weighted by molar-refractivity contribution is 5.94. The summed E-state index contributed by atoms with van der Waals surface area (Å²) in [4.78, 5) is 11.8. The minimum absolute atomic E-state index is 0.101. The Morgan fingerprint density at radius 1 is 1.50 bits per heavy atom. The maximum absolute atomic E-state index is 11.8. The van der Waals surface area contributed by atoms with Gasteiger partial charge in [0.1, 0.15) is 0 Å². The molecule has 0 aliphatic heterocycles. The molecule has 0 radical (unpaired) electrons. The highest BCUT2D eigenvalue weighted by atomic mass is 16.3. The van der Waals surface area contributed by atoms with E-state index in [2.05, 4.69) is 12.2 Å². The summed E-state index contributed by atoms with van der Waals surface area (Å²) in [5, 5.41) is 12.4. The average molecular weight is 219 g/mol. The fourth-order valence-corrected chi connectivity index (χ4v) is 1.60. The van der Waals surface area contributed by atoms with Gasteiger partial charge < -0.3 is 10.4 Å². The number of aliphatic hydroxyl groups is 1. The van der Waals surface area contributed by atoms with Crippen LogP contribution in [0.25, 0.3) is 0 Å². The van der Waals surface area contributed by atoms with E-state index in [1.54, 1.807) is 6.07 Å². The van der Waals surface area contributed by atoms with E-state index in [4.69, 9.17) is 0 Å². The van der Waals surface area contributed by atoms with Gasteiger partial charge in [0.25, 0.3) is 5.91 Å². The van der Waals surface area contributed by atoms with Gasteiger partial charge in [0, 0.05) is 12.1 Å². The zero-order chi connectivity index (χ0) is 11.6. The summed E-state index contributed by atoms with van der Waals surface area (Å²) >= 11 is 0. The number of rotatable bonds is 4. The Hall–Kier alpha value is -1.35. The average Bonchev–Trinajstić information content (AvgIpc) is 3.05. The SMILES string of the molecule is CCc1cccc(C(=O)NCC2(O)CC2)c1. The van der Waals surface area contributed by atoms with Crippen LogP contribution in [0.2, 0.25) is 0 Å². The van der Waals surface area contributed by atoms with Gasteiger partial charge in [0.15, 0.2) is 0 Å². The van der Waals surface area contributed by atoms with E-state index in [1.165, 1.54) is 0 Å². The predicted octanol–water partition coefficient (Wildman–Crippen LogP) is 1.50. The standard InChI is InChI=1S/C13H17NO2/c1-2-10-4-3-5-11(8-10)12(15)14-9-13(16)6-7-13/h3-5,8,16H,2,6-7,9H2,1H3,(H,14,15). The molecule has 1 aliphatic carbocycles. The normalized spacial score (nSPS) is 16.9. The number of hydrogen-bond acceptors (Lipinski definition) is 2. The summed E-state index contributed by atoms with van der Waals surface area (Å²) < 4.78 is 0. The number of carbonyl (C=O) groups is 1. The lowest BCUT2D eigenvalue weighted by Crippen LogP contribution is -2.33. The third-order valence-corrected chi connectivity index (χ3v) is 3.00. The van der Waals surface area contributed by atoms with Crippen LogP contribution in [-0.2, 0) is 6.42 Å². The van der Waals surface area contributed by atoms with Gasteiger partial charge in [-0.3, -0.25) is 4.79 Å². The second kappa shape index (κ2) is 4.26. The van der Waals surface area contributed by atoms with E-state index in [9.17, 15) is 9.90 Å². The van der Waals surface area contributed by atoms with Gasteiger partial charge in [-0.15, -0.1) is 0 Å². The summed E-state index contributed by atoms with van der Waals surface area (Å²) in [5.41, 5.74) is 1.19. The number of hydrogen-bond donors (Lipinski definition) is 2. The number of aryl methyl sites for hydroxylation is 1. The van der Waals surface area contributed by atoms with Crippen LogP contribution in [0.4, 0.5) is 0 Å². The largest absolute Gasteiger partial charge is 0.388 e. The Labute approximate surface area is 95.5 Å². The minimum atomic E-state index is -0.627. The fraction of sp³-hybridized carbons (Fsp3) is 0.462. The molecule has 1 saturated carbocycles. The number of nitrogens with one attached hydrogen (secondary N) is 1. The summed E-state index contributed by atoms with van der Waals surface area (Å²) in [6.45, 7) is 2.42. The van der Waals surface area contributed by atoms with E-state index in [0.29, 0.717) is 12.1 Å². The van der Waals surface area contributed by atoms with Gasteiger partial charge in [-0.25, -0.2) is 0 Å². The molecule has 0 bridgehead atoms. The zero-order valence-corrected chi connectivity index (χ0v) is 9.49. The second-order valence-electron chi connectivity index (χ2n) is 4.46. The molecule has 86 valence electrons. The van der Waals surface area contributed by atoms with Crippen molar-refractivity contribution in [1.29, 1.82) is 0 Å². The molecule has 0 spiro atoms. The van der Waals surface area contributed by atoms with E-state index < -0.39 is 5.60 Å². The number of carbonyl (C=O) groups excluding carboxylic acids is 1. The number of benzene rings is 1. The molecular formula is C13H17NO2. The van der Waals surface area contributed by atoms with Crippen LogP contribution < -0.4 is 5.32 Å². The van der Waals surface area contributed by atoms with Crippen molar-refractivity contribution in [2.24, 2.45) is 0 Å².